The van der Waals surface area contributed by atoms with Crippen LogP contribution in [0.2, 0.25) is 0 Å². The van der Waals surface area contributed by atoms with Gasteiger partial charge in [0.15, 0.2) is 0 Å². The maximum absolute atomic E-state index is 11.4. The average Bonchev–Trinajstić information content (AvgIpc) is 2.75. The number of nitrogens with zero attached hydrogens (tertiary/aromatic N) is 1. The lowest BCUT2D eigenvalue weighted by Gasteiger charge is -2.20. The SMILES string of the molecule is O=C1NCCN1C1COC(C2CC2)C1. The molecule has 2 atom stereocenters. The first-order valence-corrected chi connectivity index (χ1v) is 5.50. The lowest BCUT2D eigenvalue weighted by molar-refractivity contribution is 0.0876. The molecule has 3 aliphatic rings. The monoisotopic (exact) mass is 196 g/mol. The second-order valence-corrected chi connectivity index (χ2v) is 4.52. The van der Waals surface area contributed by atoms with Gasteiger partial charge in [-0.05, 0) is 25.2 Å². The molecule has 2 heterocycles. The van der Waals surface area contributed by atoms with Crippen molar-refractivity contribution in [2.45, 2.75) is 31.4 Å². The molecule has 2 saturated heterocycles. The Labute approximate surface area is 83.6 Å². The third-order valence-electron chi connectivity index (χ3n) is 3.49. The Balaban J connectivity index is 1.61. The zero-order chi connectivity index (χ0) is 9.54. The standard InChI is InChI=1S/C10H16N2O2/c13-10-11-3-4-12(10)8-5-9(14-6-8)7-1-2-7/h7-9H,1-6H2,(H,11,13). The van der Waals surface area contributed by atoms with Gasteiger partial charge in [0.05, 0.1) is 18.8 Å². The Hall–Kier alpha value is -0.770. The first-order valence-electron chi connectivity index (χ1n) is 5.50. The number of hydrogen-bond acceptors (Lipinski definition) is 2. The van der Waals surface area contributed by atoms with Crippen LogP contribution in [0.5, 0.6) is 0 Å². The molecule has 2 unspecified atom stereocenters. The third-order valence-corrected chi connectivity index (χ3v) is 3.49. The maximum atomic E-state index is 11.4. The number of nitrogens with one attached hydrogen (secondary N) is 1. The molecule has 0 spiro atoms. The Morgan fingerprint density at radius 1 is 1.43 bits per heavy atom. The molecule has 1 saturated carbocycles. The fraction of sp³-hybridized carbons (Fsp3) is 0.900. The minimum atomic E-state index is 0.0926. The molecule has 0 radical (unpaired) electrons. The molecule has 2 aliphatic heterocycles. The van der Waals surface area contributed by atoms with Crippen LogP contribution >= 0.6 is 0 Å². The summed E-state index contributed by atoms with van der Waals surface area (Å²) in [5.74, 6) is 0.797. The van der Waals surface area contributed by atoms with Crippen LogP contribution in [0.4, 0.5) is 4.79 Å². The van der Waals surface area contributed by atoms with Crippen molar-refractivity contribution in [1.29, 1.82) is 0 Å². The first kappa shape index (κ1) is 8.53. The van der Waals surface area contributed by atoms with Crippen LogP contribution in [0.1, 0.15) is 19.3 Å². The van der Waals surface area contributed by atoms with E-state index in [0.29, 0.717) is 12.1 Å². The number of amides is 2. The van der Waals surface area contributed by atoms with Crippen LogP contribution in [-0.4, -0.2) is 42.8 Å². The topological polar surface area (TPSA) is 41.6 Å². The summed E-state index contributed by atoms with van der Waals surface area (Å²) in [7, 11) is 0. The van der Waals surface area contributed by atoms with Crippen molar-refractivity contribution in [1.82, 2.24) is 10.2 Å². The molecular formula is C10H16N2O2. The molecule has 3 rings (SSSR count). The van der Waals surface area contributed by atoms with E-state index < -0.39 is 0 Å². The van der Waals surface area contributed by atoms with Crippen molar-refractivity contribution in [3.05, 3.63) is 0 Å². The molecule has 4 nitrogen and oxygen atoms in total. The average molecular weight is 196 g/mol. The first-order chi connectivity index (χ1) is 6.84. The highest BCUT2D eigenvalue weighted by Gasteiger charge is 2.41. The third kappa shape index (κ3) is 1.38. The molecule has 1 N–H and O–H groups in total. The summed E-state index contributed by atoms with van der Waals surface area (Å²) in [6.45, 7) is 2.39. The van der Waals surface area contributed by atoms with Gasteiger partial charge in [-0.2, -0.15) is 0 Å². The summed E-state index contributed by atoms with van der Waals surface area (Å²) < 4.78 is 5.73. The largest absolute Gasteiger partial charge is 0.376 e. The van der Waals surface area contributed by atoms with E-state index in [9.17, 15) is 4.79 Å². The zero-order valence-corrected chi connectivity index (χ0v) is 8.24. The highest BCUT2D eigenvalue weighted by atomic mass is 16.5. The van der Waals surface area contributed by atoms with Crippen molar-refractivity contribution in [3.63, 3.8) is 0 Å². The molecule has 78 valence electrons. The number of urea groups is 1. The summed E-state index contributed by atoms with van der Waals surface area (Å²) in [5.41, 5.74) is 0. The van der Waals surface area contributed by atoms with E-state index >= 15 is 0 Å². The van der Waals surface area contributed by atoms with Crippen LogP contribution in [0, 0.1) is 5.92 Å². The van der Waals surface area contributed by atoms with Gasteiger partial charge in [-0.1, -0.05) is 0 Å². The van der Waals surface area contributed by atoms with Crippen molar-refractivity contribution in [2.75, 3.05) is 19.7 Å². The van der Waals surface area contributed by atoms with Crippen LogP contribution in [0.15, 0.2) is 0 Å². The van der Waals surface area contributed by atoms with Gasteiger partial charge in [0.1, 0.15) is 0 Å². The summed E-state index contributed by atoms with van der Waals surface area (Å²) in [4.78, 5) is 13.3. The number of rotatable bonds is 2. The van der Waals surface area contributed by atoms with Crippen LogP contribution < -0.4 is 5.32 Å². The molecule has 14 heavy (non-hydrogen) atoms. The van der Waals surface area contributed by atoms with Gasteiger partial charge in [0.25, 0.3) is 0 Å². The fourth-order valence-electron chi connectivity index (χ4n) is 2.49. The predicted molar refractivity (Wildman–Crippen MR) is 51.0 cm³/mol. The molecule has 1 aliphatic carbocycles. The number of hydrogen-bond donors (Lipinski definition) is 1. The van der Waals surface area contributed by atoms with E-state index in [-0.39, 0.29) is 6.03 Å². The normalized spacial score (nSPS) is 37.7. The van der Waals surface area contributed by atoms with E-state index in [0.717, 1.165) is 32.0 Å². The van der Waals surface area contributed by atoms with Crippen molar-refractivity contribution in [3.8, 4) is 0 Å². The second-order valence-electron chi connectivity index (χ2n) is 4.52. The second kappa shape index (κ2) is 3.12. The summed E-state index contributed by atoms with van der Waals surface area (Å²) in [5, 5.41) is 2.84. The Kier molecular flexibility index (Phi) is 1.90. The maximum Gasteiger partial charge on any atom is 0.317 e. The van der Waals surface area contributed by atoms with Crippen LogP contribution in [0.25, 0.3) is 0 Å². The highest BCUT2D eigenvalue weighted by Crippen LogP contribution is 2.39. The summed E-state index contributed by atoms with van der Waals surface area (Å²) in [6, 6.07) is 0.429. The quantitative estimate of drug-likeness (QED) is 0.702. The van der Waals surface area contributed by atoms with E-state index in [2.05, 4.69) is 5.32 Å². The molecule has 0 aromatic rings. The lowest BCUT2D eigenvalue weighted by Crippen LogP contribution is -2.38. The number of carbonyl (C=O) groups excluding carboxylic acids is 1. The van der Waals surface area contributed by atoms with E-state index in [4.69, 9.17) is 4.74 Å². The van der Waals surface area contributed by atoms with Gasteiger partial charge in [-0.15, -0.1) is 0 Å². The van der Waals surface area contributed by atoms with Gasteiger partial charge in [-0.25, -0.2) is 4.79 Å². The smallest absolute Gasteiger partial charge is 0.317 e. The van der Waals surface area contributed by atoms with Gasteiger partial charge in [0, 0.05) is 13.1 Å². The molecule has 0 aromatic heterocycles. The predicted octanol–water partition coefficient (Wildman–Crippen LogP) is 0.579. The number of carbonyl (C=O) groups is 1. The fourth-order valence-corrected chi connectivity index (χ4v) is 2.49. The molecule has 0 aromatic carbocycles. The highest BCUT2D eigenvalue weighted by molar-refractivity contribution is 5.76. The minimum absolute atomic E-state index is 0.0926. The van der Waals surface area contributed by atoms with Gasteiger partial charge in [-0.3, -0.25) is 0 Å². The number of ether oxygens (including phenoxy) is 1. The summed E-state index contributed by atoms with van der Waals surface area (Å²) >= 11 is 0. The van der Waals surface area contributed by atoms with Crippen LogP contribution in [0.3, 0.4) is 0 Å². The van der Waals surface area contributed by atoms with Crippen molar-refractivity contribution in [2.24, 2.45) is 5.92 Å². The van der Waals surface area contributed by atoms with Gasteiger partial charge < -0.3 is 15.0 Å². The molecule has 4 heteroatoms. The molecule has 2 amide bonds. The lowest BCUT2D eigenvalue weighted by atomic mass is 10.1. The van der Waals surface area contributed by atoms with E-state index in [1.807, 2.05) is 4.90 Å². The minimum Gasteiger partial charge on any atom is -0.376 e. The van der Waals surface area contributed by atoms with Crippen LogP contribution in [-0.2, 0) is 4.74 Å². The Morgan fingerprint density at radius 3 is 2.93 bits per heavy atom. The molecular weight excluding hydrogens is 180 g/mol. The zero-order valence-electron chi connectivity index (χ0n) is 8.24. The van der Waals surface area contributed by atoms with E-state index in [1.165, 1.54) is 12.8 Å². The van der Waals surface area contributed by atoms with Crippen molar-refractivity contribution < 1.29 is 9.53 Å². The van der Waals surface area contributed by atoms with Crippen molar-refractivity contribution >= 4 is 6.03 Å². The van der Waals surface area contributed by atoms with Gasteiger partial charge in [0.2, 0.25) is 0 Å². The summed E-state index contributed by atoms with van der Waals surface area (Å²) in [6.07, 6.45) is 4.14. The van der Waals surface area contributed by atoms with Gasteiger partial charge >= 0.3 is 6.03 Å². The molecule has 3 fully saturated rings. The Morgan fingerprint density at radius 2 is 2.29 bits per heavy atom. The Bertz CT molecular complexity index is 253. The molecule has 0 bridgehead atoms. The van der Waals surface area contributed by atoms with E-state index in [1.54, 1.807) is 0 Å².